The molecule has 1 atom stereocenters. The van der Waals surface area contributed by atoms with Gasteiger partial charge in [-0.25, -0.2) is 0 Å². The lowest BCUT2D eigenvalue weighted by molar-refractivity contribution is -0.137. The molecule has 10 heteroatoms. The standard InChI is InChI=1S/C14H13ClN4O4S/c15-9-3-1-8(2-4-9)6-17-19-14-18-13(23)10(24-14)5-11(20)16-7-12(21)22/h1-4,6,10H,5,7H2,(H,16,20)(H,21,22)(H,18,19,23). The van der Waals surface area contributed by atoms with E-state index in [0.717, 1.165) is 17.3 Å². The molecular weight excluding hydrogens is 356 g/mol. The van der Waals surface area contributed by atoms with Crippen LogP contribution >= 0.6 is 23.4 Å². The van der Waals surface area contributed by atoms with Gasteiger partial charge in [-0.3, -0.25) is 14.4 Å². The maximum absolute atomic E-state index is 11.8. The molecule has 0 spiro atoms. The van der Waals surface area contributed by atoms with E-state index in [1.807, 2.05) is 0 Å². The van der Waals surface area contributed by atoms with Crippen molar-refractivity contribution >= 4 is 52.5 Å². The van der Waals surface area contributed by atoms with Gasteiger partial charge in [0.25, 0.3) is 0 Å². The second kappa shape index (κ2) is 8.46. The molecular formula is C14H13ClN4O4S. The smallest absolute Gasteiger partial charge is 0.322 e. The number of rotatable bonds is 6. The number of amidine groups is 1. The van der Waals surface area contributed by atoms with Crippen molar-refractivity contribution < 1.29 is 19.5 Å². The van der Waals surface area contributed by atoms with E-state index in [0.29, 0.717) is 5.02 Å². The molecule has 1 aromatic rings. The first-order chi connectivity index (χ1) is 11.4. The zero-order chi connectivity index (χ0) is 17.5. The Morgan fingerprint density at radius 3 is 2.75 bits per heavy atom. The van der Waals surface area contributed by atoms with Gasteiger partial charge >= 0.3 is 5.97 Å². The van der Waals surface area contributed by atoms with Crippen molar-refractivity contribution in [3.63, 3.8) is 0 Å². The summed E-state index contributed by atoms with van der Waals surface area (Å²) < 4.78 is 0. The van der Waals surface area contributed by atoms with Crippen molar-refractivity contribution in [2.75, 3.05) is 6.54 Å². The van der Waals surface area contributed by atoms with Crippen molar-refractivity contribution in [1.29, 1.82) is 0 Å². The van der Waals surface area contributed by atoms with Crippen LogP contribution in [0.4, 0.5) is 0 Å². The van der Waals surface area contributed by atoms with E-state index in [-0.39, 0.29) is 17.5 Å². The van der Waals surface area contributed by atoms with Crippen LogP contribution in [0.15, 0.2) is 34.5 Å². The zero-order valence-electron chi connectivity index (χ0n) is 12.2. The summed E-state index contributed by atoms with van der Waals surface area (Å²) in [7, 11) is 0. The van der Waals surface area contributed by atoms with Crippen LogP contribution in [-0.2, 0) is 14.4 Å². The molecule has 1 aromatic carbocycles. The second-order valence-electron chi connectivity index (χ2n) is 4.67. The first kappa shape index (κ1) is 18.0. The molecule has 0 aromatic heterocycles. The van der Waals surface area contributed by atoms with Crippen LogP contribution in [0.3, 0.4) is 0 Å². The second-order valence-corrected chi connectivity index (χ2v) is 6.30. The lowest BCUT2D eigenvalue weighted by Gasteiger charge is -2.04. The number of carboxylic acids is 1. The predicted molar refractivity (Wildman–Crippen MR) is 91.3 cm³/mol. The predicted octanol–water partition coefficient (Wildman–Crippen LogP) is 0.852. The third kappa shape index (κ3) is 5.67. The summed E-state index contributed by atoms with van der Waals surface area (Å²) in [6.07, 6.45) is 1.37. The summed E-state index contributed by atoms with van der Waals surface area (Å²) in [5.41, 5.74) is 0.794. The van der Waals surface area contributed by atoms with Gasteiger partial charge in [0.15, 0.2) is 5.17 Å². The molecule has 1 aliphatic rings. The summed E-state index contributed by atoms with van der Waals surface area (Å²) >= 11 is 6.84. The Bertz CT molecular complexity index is 705. The highest BCUT2D eigenvalue weighted by Gasteiger charge is 2.32. The van der Waals surface area contributed by atoms with E-state index in [1.54, 1.807) is 24.3 Å². The van der Waals surface area contributed by atoms with E-state index in [1.165, 1.54) is 6.21 Å². The monoisotopic (exact) mass is 368 g/mol. The highest BCUT2D eigenvalue weighted by Crippen LogP contribution is 2.22. The fourth-order valence-electron chi connectivity index (χ4n) is 1.70. The Kier molecular flexibility index (Phi) is 6.33. The number of carboxylic acid groups (broad SMARTS) is 1. The first-order valence-corrected chi connectivity index (χ1v) is 8.02. The average molecular weight is 369 g/mol. The van der Waals surface area contributed by atoms with Gasteiger partial charge in [-0.15, -0.1) is 5.10 Å². The normalized spacial score (nSPS) is 18.8. The average Bonchev–Trinajstić information content (AvgIpc) is 2.87. The number of nitrogens with zero attached hydrogens (tertiary/aromatic N) is 2. The number of benzene rings is 1. The first-order valence-electron chi connectivity index (χ1n) is 6.76. The van der Waals surface area contributed by atoms with E-state index in [2.05, 4.69) is 20.8 Å². The summed E-state index contributed by atoms with van der Waals surface area (Å²) in [5.74, 6) is -2.03. The molecule has 0 saturated carbocycles. The highest BCUT2D eigenvalue weighted by atomic mass is 35.5. The van der Waals surface area contributed by atoms with Gasteiger partial charge in [-0.1, -0.05) is 35.5 Å². The minimum absolute atomic E-state index is 0.135. The highest BCUT2D eigenvalue weighted by molar-refractivity contribution is 8.15. The zero-order valence-corrected chi connectivity index (χ0v) is 13.8. The molecule has 1 saturated heterocycles. The van der Waals surface area contributed by atoms with Crippen molar-refractivity contribution in [3.8, 4) is 0 Å². The Labute approximate surface area is 146 Å². The lowest BCUT2D eigenvalue weighted by atomic mass is 10.2. The lowest BCUT2D eigenvalue weighted by Crippen LogP contribution is -2.33. The van der Waals surface area contributed by atoms with E-state index < -0.39 is 23.7 Å². The van der Waals surface area contributed by atoms with Crippen LogP contribution in [0.1, 0.15) is 12.0 Å². The molecule has 0 radical (unpaired) electrons. The Balaban J connectivity index is 1.87. The van der Waals surface area contributed by atoms with E-state index in [4.69, 9.17) is 16.7 Å². The number of amides is 2. The maximum atomic E-state index is 11.8. The van der Waals surface area contributed by atoms with Crippen molar-refractivity contribution in [1.82, 2.24) is 10.6 Å². The van der Waals surface area contributed by atoms with Crippen molar-refractivity contribution in [2.45, 2.75) is 11.7 Å². The molecule has 126 valence electrons. The molecule has 0 aliphatic carbocycles. The Hall–Kier alpha value is -2.39. The fraction of sp³-hybridized carbons (Fsp3) is 0.214. The van der Waals surface area contributed by atoms with Crippen molar-refractivity contribution in [3.05, 3.63) is 34.9 Å². The third-order valence-electron chi connectivity index (χ3n) is 2.81. The largest absolute Gasteiger partial charge is 0.480 e. The Morgan fingerprint density at radius 2 is 2.08 bits per heavy atom. The van der Waals surface area contributed by atoms with Crippen LogP contribution < -0.4 is 10.6 Å². The van der Waals surface area contributed by atoms with E-state index >= 15 is 0 Å². The number of hydrogen-bond acceptors (Lipinski definition) is 6. The molecule has 3 N–H and O–H groups in total. The summed E-state index contributed by atoms with van der Waals surface area (Å²) in [6, 6.07) is 6.96. The van der Waals surface area contributed by atoms with Crippen LogP contribution in [0, 0.1) is 0 Å². The minimum atomic E-state index is -1.15. The molecule has 8 nitrogen and oxygen atoms in total. The number of thioether (sulfide) groups is 1. The number of carbonyl (C=O) groups excluding carboxylic acids is 2. The fourth-order valence-corrected chi connectivity index (χ4v) is 2.75. The number of nitrogens with one attached hydrogen (secondary N) is 2. The third-order valence-corrected chi connectivity index (χ3v) is 4.13. The van der Waals surface area contributed by atoms with Crippen LogP contribution in [0.5, 0.6) is 0 Å². The van der Waals surface area contributed by atoms with Crippen LogP contribution in [0.25, 0.3) is 0 Å². The summed E-state index contributed by atoms with van der Waals surface area (Å²) in [5, 5.41) is 21.2. The molecule has 1 unspecified atom stereocenters. The van der Waals surface area contributed by atoms with Gasteiger partial charge in [0, 0.05) is 11.4 Å². The SMILES string of the molecule is O=C(O)CNC(=O)CC1SC(=NN=Cc2ccc(Cl)cc2)NC1=O. The maximum Gasteiger partial charge on any atom is 0.322 e. The molecule has 2 rings (SSSR count). The molecule has 2 amide bonds. The van der Waals surface area contributed by atoms with Gasteiger partial charge in [0.2, 0.25) is 11.8 Å². The number of aliphatic carboxylic acids is 1. The van der Waals surface area contributed by atoms with Gasteiger partial charge < -0.3 is 15.7 Å². The molecule has 1 fully saturated rings. The number of carbonyl (C=O) groups is 3. The summed E-state index contributed by atoms with van der Waals surface area (Å²) in [4.78, 5) is 33.7. The van der Waals surface area contributed by atoms with Crippen LogP contribution in [-0.4, -0.2) is 46.1 Å². The molecule has 0 bridgehead atoms. The van der Waals surface area contributed by atoms with Crippen molar-refractivity contribution in [2.24, 2.45) is 10.2 Å². The molecule has 24 heavy (non-hydrogen) atoms. The molecule has 1 heterocycles. The van der Waals surface area contributed by atoms with Gasteiger partial charge in [-0.2, -0.15) is 5.10 Å². The minimum Gasteiger partial charge on any atom is -0.480 e. The van der Waals surface area contributed by atoms with E-state index in [9.17, 15) is 14.4 Å². The molecule has 1 aliphatic heterocycles. The van der Waals surface area contributed by atoms with Gasteiger partial charge in [0.1, 0.15) is 11.8 Å². The number of halogens is 1. The van der Waals surface area contributed by atoms with Crippen LogP contribution in [0.2, 0.25) is 5.02 Å². The quantitative estimate of drug-likeness (QED) is 0.508. The topological polar surface area (TPSA) is 120 Å². The van der Waals surface area contributed by atoms with Gasteiger partial charge in [0.05, 0.1) is 6.21 Å². The van der Waals surface area contributed by atoms with Gasteiger partial charge in [-0.05, 0) is 17.7 Å². The number of hydrogen-bond donors (Lipinski definition) is 3. The Morgan fingerprint density at radius 1 is 1.38 bits per heavy atom. The summed E-state index contributed by atoms with van der Waals surface area (Å²) in [6.45, 7) is -0.482.